The molecule has 4 rings (SSSR count). The summed E-state index contributed by atoms with van der Waals surface area (Å²) in [5.74, 6) is -0.904. The van der Waals surface area contributed by atoms with Gasteiger partial charge in [0.25, 0.3) is 0 Å². The van der Waals surface area contributed by atoms with Crippen LogP contribution in [0.1, 0.15) is 11.1 Å². The smallest absolute Gasteiger partial charge is 0.387 e. The van der Waals surface area contributed by atoms with E-state index in [0.717, 1.165) is 11.1 Å². The second kappa shape index (κ2) is 9.95. The molecule has 4 aromatic rings. The van der Waals surface area contributed by atoms with Gasteiger partial charge in [0, 0.05) is 17.3 Å². The van der Waals surface area contributed by atoms with Crippen molar-refractivity contribution in [3.63, 3.8) is 0 Å². The summed E-state index contributed by atoms with van der Waals surface area (Å²) in [5.41, 5.74) is 3.69. The summed E-state index contributed by atoms with van der Waals surface area (Å²) in [6.45, 7) is -2.91. The molecule has 34 heavy (non-hydrogen) atoms. The first-order valence-electron chi connectivity index (χ1n) is 10.1. The van der Waals surface area contributed by atoms with Crippen LogP contribution in [0.5, 0.6) is 5.75 Å². The Morgan fingerprint density at radius 2 is 1.79 bits per heavy atom. The summed E-state index contributed by atoms with van der Waals surface area (Å²) in [5, 5.41) is 11.6. The minimum atomic E-state index is -2.91. The Hall–Kier alpha value is -4.53. The van der Waals surface area contributed by atoms with Crippen LogP contribution in [-0.4, -0.2) is 28.6 Å². The highest BCUT2D eigenvalue weighted by molar-refractivity contribution is 6.02. The molecule has 0 saturated heterocycles. The maximum Gasteiger partial charge on any atom is 0.387 e. The van der Waals surface area contributed by atoms with Crippen LogP contribution in [0.25, 0.3) is 28.6 Å². The van der Waals surface area contributed by atoms with E-state index in [4.69, 9.17) is 9.52 Å². The number of benzene rings is 3. The van der Waals surface area contributed by atoms with Gasteiger partial charge in [-0.2, -0.15) is 8.78 Å². The molecule has 1 heterocycles. The first-order valence-corrected chi connectivity index (χ1v) is 10.1. The van der Waals surface area contributed by atoms with Crippen molar-refractivity contribution in [2.45, 2.75) is 13.0 Å². The van der Waals surface area contributed by atoms with Gasteiger partial charge in [-0.15, -0.1) is 0 Å². The number of carboxylic acids is 1. The van der Waals surface area contributed by atoms with Crippen LogP contribution in [0.15, 0.2) is 77.2 Å². The molecule has 172 valence electrons. The lowest BCUT2D eigenvalue weighted by molar-refractivity contribution is -0.136. The van der Waals surface area contributed by atoms with Crippen LogP contribution >= 0.6 is 0 Å². The number of nitrogens with one attached hydrogen (secondary N) is 1. The molecule has 0 aliphatic carbocycles. The number of aromatic nitrogens is 1. The summed E-state index contributed by atoms with van der Waals surface area (Å²) >= 11 is 0. The van der Waals surface area contributed by atoms with Crippen molar-refractivity contribution < 1.29 is 32.6 Å². The van der Waals surface area contributed by atoms with E-state index in [1.807, 2.05) is 0 Å². The lowest BCUT2D eigenvalue weighted by Gasteiger charge is -2.06. The minimum absolute atomic E-state index is 0.00303. The highest BCUT2D eigenvalue weighted by atomic mass is 19.3. The fourth-order valence-electron chi connectivity index (χ4n) is 3.19. The van der Waals surface area contributed by atoms with E-state index in [0.29, 0.717) is 28.2 Å². The Bertz CT molecular complexity index is 1350. The Morgan fingerprint density at radius 1 is 1.06 bits per heavy atom. The first-order chi connectivity index (χ1) is 16.4. The van der Waals surface area contributed by atoms with Gasteiger partial charge in [-0.1, -0.05) is 18.2 Å². The van der Waals surface area contributed by atoms with E-state index in [-0.39, 0.29) is 18.1 Å². The number of rotatable bonds is 8. The molecule has 9 heteroatoms. The number of hydrogen-bond donors (Lipinski definition) is 2. The van der Waals surface area contributed by atoms with Gasteiger partial charge >= 0.3 is 12.6 Å². The molecule has 3 aromatic carbocycles. The minimum Gasteiger partial charge on any atom is -0.481 e. The monoisotopic (exact) mass is 464 g/mol. The maximum atomic E-state index is 12.2. The van der Waals surface area contributed by atoms with E-state index >= 15 is 0 Å². The van der Waals surface area contributed by atoms with Crippen LogP contribution in [0.4, 0.5) is 14.5 Å². The third-order valence-electron chi connectivity index (χ3n) is 4.74. The van der Waals surface area contributed by atoms with Crippen molar-refractivity contribution in [2.75, 3.05) is 5.32 Å². The fourth-order valence-corrected chi connectivity index (χ4v) is 3.19. The van der Waals surface area contributed by atoms with Crippen molar-refractivity contribution >= 4 is 34.7 Å². The number of nitrogens with zero attached hydrogens (tertiary/aromatic N) is 1. The summed E-state index contributed by atoms with van der Waals surface area (Å²) in [6, 6.07) is 17.8. The fraction of sp³-hybridized carbons (Fsp3) is 0.0800. The lowest BCUT2D eigenvalue weighted by Crippen LogP contribution is -2.08. The van der Waals surface area contributed by atoms with Crippen LogP contribution in [0, 0.1) is 0 Å². The Balaban J connectivity index is 1.39. The molecule has 7 nitrogen and oxygen atoms in total. The molecule has 0 radical (unpaired) electrons. The number of halogens is 2. The van der Waals surface area contributed by atoms with E-state index in [2.05, 4.69) is 15.0 Å². The van der Waals surface area contributed by atoms with Gasteiger partial charge in [-0.3, -0.25) is 9.59 Å². The van der Waals surface area contributed by atoms with Gasteiger partial charge in [0.05, 0.1) is 6.42 Å². The number of amides is 1. The molecule has 0 saturated carbocycles. The van der Waals surface area contributed by atoms with Gasteiger partial charge < -0.3 is 19.6 Å². The van der Waals surface area contributed by atoms with E-state index < -0.39 is 12.6 Å². The number of fused-ring (bicyclic) bond motifs is 1. The maximum absolute atomic E-state index is 12.2. The molecule has 0 unspecified atom stereocenters. The van der Waals surface area contributed by atoms with Gasteiger partial charge in [0.15, 0.2) is 5.58 Å². The average molecular weight is 464 g/mol. The zero-order chi connectivity index (χ0) is 24.1. The number of anilines is 1. The number of carboxylic acid groups (broad SMARTS) is 1. The molecule has 0 aliphatic heterocycles. The lowest BCUT2D eigenvalue weighted by atomic mass is 10.1. The molecular formula is C25H18F2N2O5. The zero-order valence-electron chi connectivity index (χ0n) is 17.6. The molecule has 0 aliphatic rings. The highest BCUT2D eigenvalue weighted by Gasteiger charge is 2.10. The first kappa shape index (κ1) is 22.7. The van der Waals surface area contributed by atoms with Crippen molar-refractivity contribution in [3.8, 4) is 17.2 Å². The summed E-state index contributed by atoms with van der Waals surface area (Å²) in [4.78, 5) is 27.4. The van der Waals surface area contributed by atoms with Crippen molar-refractivity contribution in [1.29, 1.82) is 0 Å². The predicted octanol–water partition coefficient (Wildman–Crippen LogP) is 5.38. The second-order valence-corrected chi connectivity index (χ2v) is 7.24. The number of hydrogen-bond acceptors (Lipinski definition) is 5. The molecule has 2 N–H and O–H groups in total. The van der Waals surface area contributed by atoms with Gasteiger partial charge in [-0.05, 0) is 65.7 Å². The van der Waals surface area contributed by atoms with Gasteiger partial charge in [-0.25, -0.2) is 4.98 Å². The largest absolute Gasteiger partial charge is 0.481 e. The van der Waals surface area contributed by atoms with Gasteiger partial charge in [0.1, 0.15) is 11.3 Å². The number of ether oxygens (including phenoxy) is 1. The van der Waals surface area contributed by atoms with Crippen LogP contribution in [-0.2, 0) is 16.0 Å². The number of alkyl halides is 2. The Kier molecular flexibility index (Phi) is 6.63. The number of aliphatic carboxylic acids is 1. The molecule has 0 atom stereocenters. The quantitative estimate of drug-likeness (QED) is 0.340. The van der Waals surface area contributed by atoms with Crippen molar-refractivity contribution in [3.05, 3.63) is 83.9 Å². The second-order valence-electron chi connectivity index (χ2n) is 7.24. The number of oxazole rings is 1. The summed E-state index contributed by atoms with van der Waals surface area (Å²) < 4.78 is 34.4. The van der Waals surface area contributed by atoms with E-state index in [1.54, 1.807) is 48.5 Å². The van der Waals surface area contributed by atoms with Crippen LogP contribution in [0.3, 0.4) is 0 Å². The molecular weight excluding hydrogens is 446 g/mol. The standard InChI is InChI=1S/C25H18F2N2O5/c26-25(27)33-19-9-7-18(8-10-19)28-22(30)12-4-15-1-5-17(6-2-15)24-29-20-13-16(14-23(31)32)3-11-21(20)34-24/h1-13,25H,14H2,(H,28,30)(H,31,32)/b12-4+. The number of carbonyl (C=O) groups excluding carboxylic acids is 1. The zero-order valence-corrected chi connectivity index (χ0v) is 17.6. The molecule has 0 spiro atoms. The SMILES string of the molecule is O=C(O)Cc1ccc2oc(-c3ccc(/C=C/C(=O)Nc4ccc(OC(F)F)cc4)cc3)nc2c1. The molecule has 1 amide bonds. The third kappa shape index (κ3) is 5.83. The highest BCUT2D eigenvalue weighted by Crippen LogP contribution is 2.25. The normalized spacial score (nSPS) is 11.3. The summed E-state index contributed by atoms with van der Waals surface area (Å²) in [7, 11) is 0. The van der Waals surface area contributed by atoms with Crippen LogP contribution in [0.2, 0.25) is 0 Å². The molecule has 1 aromatic heterocycles. The van der Waals surface area contributed by atoms with E-state index in [1.165, 1.54) is 30.3 Å². The van der Waals surface area contributed by atoms with E-state index in [9.17, 15) is 18.4 Å². The number of carbonyl (C=O) groups is 2. The van der Waals surface area contributed by atoms with Crippen LogP contribution < -0.4 is 10.1 Å². The predicted molar refractivity (Wildman–Crippen MR) is 122 cm³/mol. The summed E-state index contributed by atoms with van der Waals surface area (Å²) in [6.07, 6.45) is 2.88. The molecule has 0 fully saturated rings. The average Bonchev–Trinajstić information content (AvgIpc) is 3.22. The Morgan fingerprint density at radius 3 is 2.47 bits per heavy atom. The topological polar surface area (TPSA) is 102 Å². The molecule has 0 bridgehead atoms. The third-order valence-corrected chi connectivity index (χ3v) is 4.74. The Labute approximate surface area is 192 Å². The van der Waals surface area contributed by atoms with Crippen molar-refractivity contribution in [2.24, 2.45) is 0 Å². The van der Waals surface area contributed by atoms with Gasteiger partial charge in [0.2, 0.25) is 11.8 Å². The van der Waals surface area contributed by atoms with Crippen molar-refractivity contribution in [1.82, 2.24) is 4.98 Å².